The molecule has 0 aliphatic carbocycles. The Morgan fingerprint density at radius 1 is 1.43 bits per heavy atom. The maximum atomic E-state index is 11.6. The summed E-state index contributed by atoms with van der Waals surface area (Å²) in [5, 5.41) is 12.1. The van der Waals surface area contributed by atoms with Gasteiger partial charge in [0.05, 0.1) is 6.10 Å². The summed E-state index contributed by atoms with van der Waals surface area (Å²) >= 11 is 0. The van der Waals surface area contributed by atoms with Gasteiger partial charge in [-0.1, -0.05) is 27.7 Å². The van der Waals surface area contributed by atoms with Crippen molar-refractivity contribution < 1.29 is 9.90 Å². The van der Waals surface area contributed by atoms with Crippen molar-refractivity contribution in [2.24, 2.45) is 5.41 Å². The van der Waals surface area contributed by atoms with Crippen LogP contribution in [0.2, 0.25) is 0 Å². The van der Waals surface area contributed by atoms with E-state index in [-0.39, 0.29) is 17.4 Å². The Hall–Kier alpha value is -0.570. The van der Waals surface area contributed by atoms with Gasteiger partial charge in [0.15, 0.2) is 0 Å². The predicted octanol–water partition coefficient (Wildman–Crippen LogP) is 1.70. The fraction of sp³-hybridized carbons (Fsp3) is 0.909. The summed E-state index contributed by atoms with van der Waals surface area (Å²) in [5.41, 5.74) is -0.294. The Bertz CT molecular complexity index is 178. The first-order chi connectivity index (χ1) is 6.44. The van der Waals surface area contributed by atoms with E-state index in [2.05, 4.69) is 5.32 Å². The summed E-state index contributed by atoms with van der Waals surface area (Å²) in [6.45, 7) is 8.36. The zero-order valence-electron chi connectivity index (χ0n) is 9.76. The largest absolute Gasteiger partial charge is 0.393 e. The highest BCUT2D eigenvalue weighted by atomic mass is 16.3. The molecule has 0 spiro atoms. The molecule has 0 aromatic heterocycles. The monoisotopic (exact) mass is 201 g/mol. The van der Waals surface area contributed by atoms with E-state index < -0.39 is 0 Å². The molecule has 0 aliphatic rings. The minimum absolute atomic E-state index is 0.0725. The van der Waals surface area contributed by atoms with Gasteiger partial charge in [-0.3, -0.25) is 4.79 Å². The van der Waals surface area contributed by atoms with Gasteiger partial charge in [-0.25, -0.2) is 0 Å². The van der Waals surface area contributed by atoms with Crippen LogP contribution >= 0.6 is 0 Å². The van der Waals surface area contributed by atoms with E-state index in [9.17, 15) is 9.90 Å². The van der Waals surface area contributed by atoms with E-state index in [0.717, 1.165) is 12.8 Å². The minimum atomic E-state index is -0.294. The van der Waals surface area contributed by atoms with E-state index in [0.29, 0.717) is 13.0 Å². The van der Waals surface area contributed by atoms with E-state index in [1.807, 2.05) is 27.7 Å². The quantitative estimate of drug-likeness (QED) is 0.687. The topological polar surface area (TPSA) is 49.3 Å². The number of hydrogen-bond acceptors (Lipinski definition) is 2. The summed E-state index contributed by atoms with van der Waals surface area (Å²) in [7, 11) is 0. The molecule has 0 radical (unpaired) electrons. The molecule has 0 bridgehead atoms. The molecule has 0 fully saturated rings. The van der Waals surface area contributed by atoms with Gasteiger partial charge in [0.2, 0.25) is 5.91 Å². The lowest BCUT2D eigenvalue weighted by atomic mass is 9.89. The first-order valence-corrected chi connectivity index (χ1v) is 5.40. The van der Waals surface area contributed by atoms with E-state index in [1.165, 1.54) is 0 Å². The number of amides is 1. The molecule has 0 saturated carbocycles. The van der Waals surface area contributed by atoms with Crippen LogP contribution in [0.3, 0.4) is 0 Å². The number of carbonyl (C=O) groups is 1. The van der Waals surface area contributed by atoms with Gasteiger partial charge in [-0.15, -0.1) is 0 Å². The van der Waals surface area contributed by atoms with Crippen molar-refractivity contribution in [2.45, 2.75) is 53.1 Å². The van der Waals surface area contributed by atoms with E-state index in [4.69, 9.17) is 0 Å². The van der Waals surface area contributed by atoms with E-state index >= 15 is 0 Å². The van der Waals surface area contributed by atoms with Crippen LogP contribution in [0.1, 0.15) is 47.0 Å². The zero-order chi connectivity index (χ0) is 11.2. The molecule has 1 atom stereocenters. The second kappa shape index (κ2) is 6.02. The average Bonchev–Trinajstić information content (AvgIpc) is 2.17. The third-order valence-electron chi connectivity index (χ3n) is 2.73. The van der Waals surface area contributed by atoms with Gasteiger partial charge in [0.1, 0.15) is 0 Å². The summed E-state index contributed by atoms with van der Waals surface area (Å²) in [6, 6.07) is 0. The molecule has 2 N–H and O–H groups in total. The highest BCUT2D eigenvalue weighted by Crippen LogP contribution is 2.19. The molecule has 0 saturated heterocycles. The number of nitrogens with one attached hydrogen (secondary N) is 1. The lowest BCUT2D eigenvalue weighted by Gasteiger charge is -2.21. The third-order valence-corrected chi connectivity index (χ3v) is 2.73. The van der Waals surface area contributed by atoms with Gasteiger partial charge in [-0.2, -0.15) is 0 Å². The Morgan fingerprint density at radius 2 is 2.00 bits per heavy atom. The number of hydrogen-bond donors (Lipinski definition) is 2. The van der Waals surface area contributed by atoms with Gasteiger partial charge < -0.3 is 10.4 Å². The third kappa shape index (κ3) is 4.61. The van der Waals surface area contributed by atoms with Crippen LogP contribution in [0.5, 0.6) is 0 Å². The van der Waals surface area contributed by atoms with Gasteiger partial charge in [0.25, 0.3) is 0 Å². The smallest absolute Gasteiger partial charge is 0.225 e. The van der Waals surface area contributed by atoms with Crippen LogP contribution in [-0.2, 0) is 4.79 Å². The second-order valence-electron chi connectivity index (χ2n) is 4.34. The fourth-order valence-electron chi connectivity index (χ4n) is 0.956. The maximum absolute atomic E-state index is 11.6. The Morgan fingerprint density at radius 3 is 2.43 bits per heavy atom. The first kappa shape index (κ1) is 13.4. The fourth-order valence-corrected chi connectivity index (χ4v) is 0.956. The summed E-state index contributed by atoms with van der Waals surface area (Å²) < 4.78 is 0. The van der Waals surface area contributed by atoms with Crippen molar-refractivity contribution in [1.29, 1.82) is 0 Å². The maximum Gasteiger partial charge on any atom is 0.225 e. The number of aliphatic hydroxyl groups excluding tert-OH is 1. The summed E-state index contributed by atoms with van der Waals surface area (Å²) in [6.07, 6.45) is 1.92. The SMILES string of the molecule is CCC(O)CCNC(=O)C(C)(C)CC. The van der Waals surface area contributed by atoms with Crippen LogP contribution in [0, 0.1) is 5.41 Å². The number of carbonyl (C=O) groups excluding carboxylic acids is 1. The highest BCUT2D eigenvalue weighted by Gasteiger charge is 2.24. The van der Waals surface area contributed by atoms with Crippen molar-refractivity contribution in [3.05, 3.63) is 0 Å². The van der Waals surface area contributed by atoms with Crippen molar-refractivity contribution in [2.75, 3.05) is 6.54 Å². The van der Waals surface area contributed by atoms with Gasteiger partial charge >= 0.3 is 0 Å². The lowest BCUT2D eigenvalue weighted by molar-refractivity contribution is -0.129. The highest BCUT2D eigenvalue weighted by molar-refractivity contribution is 5.81. The van der Waals surface area contributed by atoms with Crippen molar-refractivity contribution in [3.8, 4) is 0 Å². The molecular formula is C11H23NO2. The first-order valence-electron chi connectivity index (χ1n) is 5.40. The molecule has 1 unspecified atom stereocenters. The number of aliphatic hydroxyl groups is 1. The Labute approximate surface area is 86.9 Å². The normalized spacial score (nSPS) is 13.8. The van der Waals surface area contributed by atoms with Crippen molar-refractivity contribution >= 4 is 5.91 Å². The van der Waals surface area contributed by atoms with Crippen LogP contribution in [0.25, 0.3) is 0 Å². The standard InChI is InChI=1S/C11H23NO2/c1-5-9(13)7-8-12-10(14)11(3,4)6-2/h9,13H,5-8H2,1-4H3,(H,12,14). The second-order valence-corrected chi connectivity index (χ2v) is 4.34. The van der Waals surface area contributed by atoms with Gasteiger partial charge in [-0.05, 0) is 19.3 Å². The predicted molar refractivity (Wildman–Crippen MR) is 58.0 cm³/mol. The summed E-state index contributed by atoms with van der Waals surface area (Å²) in [4.78, 5) is 11.6. The molecule has 3 nitrogen and oxygen atoms in total. The van der Waals surface area contributed by atoms with Gasteiger partial charge in [0, 0.05) is 12.0 Å². The van der Waals surface area contributed by atoms with Crippen molar-refractivity contribution in [3.63, 3.8) is 0 Å². The van der Waals surface area contributed by atoms with Crippen LogP contribution in [0.4, 0.5) is 0 Å². The molecular weight excluding hydrogens is 178 g/mol. The zero-order valence-corrected chi connectivity index (χ0v) is 9.76. The van der Waals surface area contributed by atoms with Crippen molar-refractivity contribution in [1.82, 2.24) is 5.32 Å². The molecule has 3 heteroatoms. The molecule has 0 aromatic rings. The molecule has 84 valence electrons. The molecule has 0 rings (SSSR count). The molecule has 0 heterocycles. The van der Waals surface area contributed by atoms with Crippen LogP contribution in [-0.4, -0.2) is 23.7 Å². The molecule has 0 aromatic carbocycles. The van der Waals surface area contributed by atoms with E-state index in [1.54, 1.807) is 0 Å². The average molecular weight is 201 g/mol. The molecule has 14 heavy (non-hydrogen) atoms. The summed E-state index contributed by atoms with van der Waals surface area (Å²) in [5.74, 6) is 0.0725. The molecule has 0 aliphatic heterocycles. The molecule has 1 amide bonds. The lowest BCUT2D eigenvalue weighted by Crippen LogP contribution is -2.37. The Kier molecular flexibility index (Phi) is 5.77. The number of rotatable bonds is 6. The Balaban J connectivity index is 3.75. The minimum Gasteiger partial charge on any atom is -0.393 e. The van der Waals surface area contributed by atoms with Crippen LogP contribution < -0.4 is 5.32 Å². The van der Waals surface area contributed by atoms with Crippen LogP contribution in [0.15, 0.2) is 0 Å².